The minimum atomic E-state index is -2.13. The zero-order valence-electron chi connectivity index (χ0n) is 36.0. The number of Topliss-reactive ketones (excluding diaryl/α,β-unsaturated/α-hetero) is 1. The molecule has 0 bridgehead atoms. The zero-order valence-corrected chi connectivity index (χ0v) is 36.0. The smallest absolute Gasteiger partial charge is 0.343 e. The van der Waals surface area contributed by atoms with Crippen molar-refractivity contribution < 1.29 is 60.0 Å². The van der Waals surface area contributed by atoms with E-state index in [1.807, 2.05) is 72.8 Å². The Morgan fingerprint density at radius 1 is 0.701 bits per heavy atom. The first-order valence-electron chi connectivity index (χ1n) is 20.2. The number of hydrogen-bond donors (Lipinski definition) is 2. The van der Waals surface area contributed by atoms with E-state index in [4.69, 9.17) is 15.2 Å². The Kier molecular flexibility index (Phi) is 14.8. The normalized spacial score (nSPS) is 11.2. The number of aromatic hydroxyl groups is 1. The molecule has 0 saturated carbocycles. The van der Waals surface area contributed by atoms with Crippen LogP contribution >= 0.6 is 0 Å². The minimum absolute atomic E-state index is 0.0527. The molecule has 0 fully saturated rings. The predicted octanol–water partition coefficient (Wildman–Crippen LogP) is 10.3. The van der Waals surface area contributed by atoms with Crippen LogP contribution in [0.2, 0.25) is 0 Å². The number of carbonyl (C=O) groups excluding carboxylic acids is 3. The first-order chi connectivity index (χ1) is 32.0. The van der Waals surface area contributed by atoms with Gasteiger partial charge in [-0.25, -0.2) is 31.5 Å². The molecule has 1 aliphatic rings. The van der Waals surface area contributed by atoms with E-state index in [-0.39, 0.29) is 47.2 Å². The number of phenolic OH excluding ortho intramolecular Hbond substituents is 1. The van der Waals surface area contributed by atoms with Crippen molar-refractivity contribution in [3.05, 3.63) is 183 Å². The molecule has 0 amide bonds. The van der Waals surface area contributed by atoms with E-state index >= 15 is 0 Å². The van der Waals surface area contributed by atoms with Crippen LogP contribution in [0.25, 0.3) is 38.8 Å². The summed E-state index contributed by atoms with van der Waals surface area (Å²) in [7, 11) is 2.93. The quantitative estimate of drug-likeness (QED) is 0.0137. The summed E-state index contributed by atoms with van der Waals surface area (Å²) in [4.78, 5) is 50.3. The summed E-state index contributed by atoms with van der Waals surface area (Å²) in [5, 5.41) is 9.10. The third kappa shape index (κ3) is 10.3. The molecule has 344 valence electrons. The van der Waals surface area contributed by atoms with Gasteiger partial charge in [0.25, 0.3) is 0 Å². The molecule has 17 heteroatoms. The highest BCUT2D eigenvalue weighted by molar-refractivity contribution is 6.24. The van der Waals surface area contributed by atoms with Crippen LogP contribution < -0.4 is 15.9 Å². The molecule has 0 spiro atoms. The highest BCUT2D eigenvalue weighted by Crippen LogP contribution is 2.43. The monoisotopic (exact) mass is 923 g/mol. The third-order valence-corrected chi connectivity index (χ3v) is 9.78. The highest BCUT2D eigenvalue weighted by Gasteiger charge is 2.31. The van der Waals surface area contributed by atoms with Crippen LogP contribution in [0.3, 0.4) is 0 Å². The van der Waals surface area contributed by atoms with Crippen LogP contribution in [-0.2, 0) is 14.3 Å². The van der Waals surface area contributed by atoms with Crippen molar-refractivity contribution in [1.29, 1.82) is 0 Å². The molecular weight excluding hydrogens is 885 g/mol. The molecule has 7 aromatic rings. The second-order valence-electron chi connectivity index (χ2n) is 14.6. The number of nitrogens with two attached hydrogens (primary N) is 1. The Hall–Kier alpha value is -8.34. The Bertz CT molecular complexity index is 3120. The summed E-state index contributed by atoms with van der Waals surface area (Å²) in [6.45, 7) is 3.10. The van der Waals surface area contributed by atoms with Crippen molar-refractivity contribution in [3.8, 4) is 45.2 Å². The van der Waals surface area contributed by atoms with E-state index in [2.05, 4.69) is 4.74 Å². The highest BCUT2D eigenvalue weighted by atomic mass is 19.2. The number of esters is 2. The van der Waals surface area contributed by atoms with E-state index in [1.54, 1.807) is 31.2 Å². The summed E-state index contributed by atoms with van der Waals surface area (Å²) in [5.74, 6) is -13.5. The Labute approximate surface area is 378 Å². The van der Waals surface area contributed by atoms with Crippen molar-refractivity contribution in [2.75, 3.05) is 33.0 Å². The van der Waals surface area contributed by atoms with Gasteiger partial charge in [-0.2, -0.15) is 4.39 Å². The lowest BCUT2D eigenvalue weighted by Crippen LogP contribution is -2.22. The maximum absolute atomic E-state index is 14.7. The van der Waals surface area contributed by atoms with Crippen molar-refractivity contribution in [2.24, 2.45) is 0 Å². The lowest BCUT2D eigenvalue weighted by atomic mass is 10.0. The Morgan fingerprint density at radius 2 is 1.28 bits per heavy atom. The number of fused-ring (bicyclic) bond motifs is 2. The lowest BCUT2D eigenvalue weighted by molar-refractivity contribution is -0.138. The summed E-state index contributed by atoms with van der Waals surface area (Å²) in [6.07, 6.45) is 2.30. The van der Waals surface area contributed by atoms with Crippen LogP contribution in [0.4, 0.5) is 32.0 Å². The largest absolute Gasteiger partial charge is 0.506 e. The number of halogens is 6. The number of aromatic nitrogens is 1. The standard InChI is InChI=1S/C24H15F2NO4.C14H13F4NO3.C12H11NO/c1-2-30-24(29)16-12-27-18-9-8-14(13-6-4-3-5-7-13)10-19(18)31-23-20(26)17(25)11-15(21(23)27)22(16)28;1-4-22-14(21)8(6-19(2)3)13(20)7-5-9(15)11(17)12(18)10(7)16;13-11-8-10(6-7-12(11)14)9-4-2-1-3-5-9/h3-12H,2H2,1H3;5-6H,4H2,1-3H3;1-8,14H,13H2/b;8-6-;. The van der Waals surface area contributed by atoms with Crippen LogP contribution in [-0.4, -0.2) is 59.6 Å². The second-order valence-corrected chi connectivity index (χ2v) is 14.6. The first-order valence-corrected chi connectivity index (χ1v) is 20.2. The average Bonchev–Trinajstić information content (AvgIpc) is 3.32. The Morgan fingerprint density at radius 3 is 1.87 bits per heavy atom. The number of benzene rings is 6. The summed E-state index contributed by atoms with van der Waals surface area (Å²) >= 11 is 0. The predicted molar refractivity (Wildman–Crippen MR) is 238 cm³/mol. The number of nitrogen functional groups attached to an aromatic ring is 1. The SMILES string of the molecule is CCOC(=O)/C(=C\N(C)C)C(=O)c1cc(F)c(F)c(F)c1F.CCOC(=O)c1cn2c3c(c(F)c(F)cc3c1=O)Oc1cc(-c3ccccc3)ccc1-2.Nc1cc(-c2ccccc2)ccc1O. The van der Waals surface area contributed by atoms with Crippen molar-refractivity contribution in [2.45, 2.75) is 13.8 Å². The molecule has 3 N–H and O–H groups in total. The van der Waals surface area contributed by atoms with Gasteiger partial charge in [0.1, 0.15) is 22.4 Å². The van der Waals surface area contributed by atoms with E-state index in [1.165, 1.54) is 36.7 Å². The molecule has 6 aromatic carbocycles. The van der Waals surface area contributed by atoms with E-state index in [0.29, 0.717) is 11.4 Å². The topological polar surface area (TPSA) is 150 Å². The van der Waals surface area contributed by atoms with Gasteiger partial charge in [-0.1, -0.05) is 72.8 Å². The molecule has 0 saturated heterocycles. The second kappa shape index (κ2) is 20.7. The third-order valence-electron chi connectivity index (χ3n) is 9.78. The van der Waals surface area contributed by atoms with Crippen molar-refractivity contribution >= 4 is 34.3 Å². The molecule has 1 aromatic heterocycles. The number of ether oxygens (including phenoxy) is 3. The average molecular weight is 924 g/mol. The zero-order chi connectivity index (χ0) is 48.7. The van der Waals surface area contributed by atoms with Gasteiger partial charge in [0.2, 0.25) is 17.0 Å². The molecule has 0 unspecified atom stereocenters. The number of ketones is 1. The fourth-order valence-corrected chi connectivity index (χ4v) is 6.67. The lowest BCUT2D eigenvalue weighted by Gasteiger charge is -2.24. The molecule has 67 heavy (non-hydrogen) atoms. The van der Waals surface area contributed by atoms with Crippen molar-refractivity contribution in [1.82, 2.24) is 9.47 Å². The first kappa shape index (κ1) is 48.1. The van der Waals surface area contributed by atoms with E-state index in [9.17, 15) is 50.6 Å². The molecular formula is C50H39F6N3O8. The van der Waals surface area contributed by atoms with Gasteiger partial charge in [0.15, 0.2) is 40.6 Å². The number of hydrogen-bond acceptors (Lipinski definition) is 10. The van der Waals surface area contributed by atoms with Gasteiger partial charge in [-0.15, -0.1) is 0 Å². The minimum Gasteiger partial charge on any atom is -0.506 e. The molecule has 0 radical (unpaired) electrons. The summed E-state index contributed by atoms with van der Waals surface area (Å²) < 4.78 is 98.7. The van der Waals surface area contributed by atoms with Crippen LogP contribution in [0.5, 0.6) is 17.2 Å². The number of pyridine rings is 1. The Balaban J connectivity index is 0.000000179. The van der Waals surface area contributed by atoms with Gasteiger partial charge in [-0.3, -0.25) is 9.59 Å². The number of rotatable bonds is 9. The maximum atomic E-state index is 14.7. The molecule has 0 aliphatic carbocycles. The van der Waals surface area contributed by atoms with E-state index < -0.39 is 74.9 Å². The summed E-state index contributed by atoms with van der Waals surface area (Å²) in [6, 6.07) is 30.9. The number of phenols is 1. The van der Waals surface area contributed by atoms with E-state index in [0.717, 1.165) is 34.5 Å². The molecule has 11 nitrogen and oxygen atoms in total. The van der Waals surface area contributed by atoms with Gasteiger partial charge in [0.05, 0.1) is 35.5 Å². The molecule has 2 heterocycles. The number of carbonyl (C=O) groups is 3. The van der Waals surface area contributed by atoms with Gasteiger partial charge < -0.3 is 34.5 Å². The maximum Gasteiger partial charge on any atom is 0.343 e. The molecule has 8 rings (SSSR count). The summed E-state index contributed by atoms with van der Waals surface area (Å²) in [5.41, 5.74) is 7.62. The number of nitrogens with zero attached hydrogens (tertiary/aromatic N) is 2. The van der Waals surface area contributed by atoms with Crippen molar-refractivity contribution in [3.63, 3.8) is 0 Å². The van der Waals surface area contributed by atoms with Crippen LogP contribution in [0.1, 0.15) is 34.6 Å². The van der Waals surface area contributed by atoms with Gasteiger partial charge >= 0.3 is 11.9 Å². The van der Waals surface area contributed by atoms with Crippen LogP contribution in [0, 0.1) is 34.9 Å². The van der Waals surface area contributed by atoms with Gasteiger partial charge in [-0.05, 0) is 72.5 Å². The molecule has 1 aliphatic heterocycles. The fourth-order valence-electron chi connectivity index (χ4n) is 6.67. The number of anilines is 1. The fraction of sp³-hybridized carbons (Fsp3) is 0.120. The van der Waals surface area contributed by atoms with Crippen LogP contribution in [0.15, 0.2) is 132 Å². The van der Waals surface area contributed by atoms with Gasteiger partial charge in [0, 0.05) is 26.5 Å². The molecule has 0 atom stereocenters.